The first-order valence-corrected chi connectivity index (χ1v) is 10.9. The fourth-order valence-corrected chi connectivity index (χ4v) is 4.14. The molecule has 0 unspecified atom stereocenters. The number of benzene rings is 3. The van der Waals surface area contributed by atoms with Crippen LogP contribution in [0, 0.1) is 0 Å². The van der Waals surface area contributed by atoms with Crippen molar-refractivity contribution in [2.24, 2.45) is 0 Å². The molecule has 3 aromatic carbocycles. The molecule has 1 aliphatic heterocycles. The lowest BCUT2D eigenvalue weighted by molar-refractivity contribution is -0.137. The number of alkyl halides is 3. The summed E-state index contributed by atoms with van der Waals surface area (Å²) in [5.74, 6) is -0.599. The Balaban J connectivity index is 1.48. The van der Waals surface area contributed by atoms with Gasteiger partial charge in [0.25, 0.3) is 5.91 Å². The van der Waals surface area contributed by atoms with Gasteiger partial charge in [-0.1, -0.05) is 11.6 Å². The number of halogens is 4. The van der Waals surface area contributed by atoms with Crippen LogP contribution in [0.25, 0.3) is 0 Å². The smallest absolute Gasteiger partial charge is 0.341 e. The zero-order valence-electron chi connectivity index (χ0n) is 18.1. The predicted molar refractivity (Wildman–Crippen MR) is 127 cm³/mol. The number of rotatable bonds is 4. The van der Waals surface area contributed by atoms with Gasteiger partial charge in [-0.15, -0.1) is 0 Å². The van der Waals surface area contributed by atoms with Crippen molar-refractivity contribution in [3.05, 3.63) is 82.4 Å². The molecule has 0 fully saturated rings. The Hall–Kier alpha value is -3.76. The molecule has 0 radical (unpaired) electrons. The van der Waals surface area contributed by atoms with Gasteiger partial charge in [0.1, 0.15) is 0 Å². The molecule has 0 saturated carbocycles. The molecule has 0 spiro atoms. The number of nitrogens with zero attached hydrogens (tertiary/aromatic N) is 1. The van der Waals surface area contributed by atoms with Crippen LogP contribution >= 0.6 is 11.6 Å². The van der Waals surface area contributed by atoms with E-state index in [1.807, 2.05) is 12.1 Å². The Morgan fingerprint density at radius 2 is 1.60 bits per heavy atom. The van der Waals surface area contributed by atoms with Crippen LogP contribution in [0.5, 0.6) is 0 Å². The molecule has 0 saturated heterocycles. The molecule has 1 heterocycles. The topological polar surface area (TPSA) is 93.7 Å². The molecule has 35 heavy (non-hydrogen) atoms. The number of anilines is 4. The zero-order chi connectivity index (χ0) is 25.2. The second-order valence-electron chi connectivity index (χ2n) is 7.86. The fraction of sp³-hybridized carbons (Fsp3) is 0.167. The minimum atomic E-state index is -4.64. The first kappa shape index (κ1) is 24.4. The quantitative estimate of drug-likeness (QED) is 0.251. The van der Waals surface area contributed by atoms with Crippen LogP contribution in [0.2, 0.25) is 5.02 Å². The van der Waals surface area contributed by atoms with Crippen molar-refractivity contribution in [2.45, 2.75) is 19.0 Å². The largest absolute Gasteiger partial charge is 0.417 e. The summed E-state index contributed by atoms with van der Waals surface area (Å²) in [6.45, 7) is 0.754. The molecule has 0 bridgehead atoms. The van der Waals surface area contributed by atoms with Crippen LogP contribution in [-0.4, -0.2) is 23.7 Å². The molecule has 7 nitrogen and oxygen atoms in total. The van der Waals surface area contributed by atoms with Gasteiger partial charge in [-0.3, -0.25) is 10.0 Å². The molecule has 11 heteroatoms. The Kier molecular flexibility index (Phi) is 6.86. The zero-order valence-corrected chi connectivity index (χ0v) is 18.9. The summed E-state index contributed by atoms with van der Waals surface area (Å²) in [7, 11) is 0. The monoisotopic (exact) mass is 504 g/mol. The second-order valence-corrected chi connectivity index (χ2v) is 8.27. The van der Waals surface area contributed by atoms with E-state index in [9.17, 15) is 22.8 Å². The summed E-state index contributed by atoms with van der Waals surface area (Å²) >= 11 is 5.62. The first-order chi connectivity index (χ1) is 16.7. The van der Waals surface area contributed by atoms with E-state index in [0.29, 0.717) is 11.3 Å². The number of hydrogen-bond donors (Lipinski definition) is 4. The van der Waals surface area contributed by atoms with Crippen LogP contribution in [0.4, 0.5) is 40.7 Å². The first-order valence-electron chi connectivity index (χ1n) is 10.6. The van der Waals surface area contributed by atoms with Crippen LogP contribution in [0.1, 0.15) is 27.9 Å². The van der Waals surface area contributed by atoms with Gasteiger partial charge in [0, 0.05) is 34.9 Å². The minimum absolute atomic E-state index is 0.0401. The maximum absolute atomic E-state index is 13.1. The number of hydrogen-bond acceptors (Lipinski definition) is 4. The van der Waals surface area contributed by atoms with E-state index in [2.05, 4.69) is 15.5 Å². The third-order valence-corrected chi connectivity index (χ3v) is 5.86. The molecule has 0 aliphatic carbocycles. The van der Waals surface area contributed by atoms with E-state index in [-0.39, 0.29) is 5.69 Å². The normalized spacial score (nSPS) is 13.1. The Labute approximate surface area is 203 Å². The average molecular weight is 505 g/mol. The van der Waals surface area contributed by atoms with Crippen molar-refractivity contribution < 1.29 is 28.0 Å². The summed E-state index contributed by atoms with van der Waals surface area (Å²) in [5, 5.41) is 13.4. The summed E-state index contributed by atoms with van der Waals surface area (Å²) in [6, 6.07) is 14.6. The number of aryl methyl sites for hydroxylation is 1. The molecule has 3 aromatic rings. The van der Waals surface area contributed by atoms with Gasteiger partial charge in [0.2, 0.25) is 0 Å². The third-order valence-electron chi connectivity index (χ3n) is 5.53. The lowest BCUT2D eigenvalue weighted by Crippen LogP contribution is -2.25. The highest BCUT2D eigenvalue weighted by atomic mass is 35.5. The highest BCUT2D eigenvalue weighted by Gasteiger charge is 2.33. The molecular weight excluding hydrogens is 485 g/mol. The van der Waals surface area contributed by atoms with Crippen LogP contribution in [0.3, 0.4) is 0 Å². The van der Waals surface area contributed by atoms with E-state index in [4.69, 9.17) is 16.8 Å². The van der Waals surface area contributed by atoms with Gasteiger partial charge in [-0.25, -0.2) is 10.3 Å². The molecule has 3 amide bonds. The van der Waals surface area contributed by atoms with Crippen molar-refractivity contribution in [3.8, 4) is 0 Å². The maximum atomic E-state index is 13.1. The van der Waals surface area contributed by atoms with Crippen LogP contribution in [-0.2, 0) is 12.6 Å². The summed E-state index contributed by atoms with van der Waals surface area (Å²) in [4.78, 5) is 26.0. The molecule has 1 aliphatic rings. The summed E-state index contributed by atoms with van der Waals surface area (Å²) < 4.78 is 39.2. The van der Waals surface area contributed by atoms with Crippen molar-refractivity contribution >= 4 is 46.3 Å². The number of fused-ring (bicyclic) bond motifs is 1. The maximum Gasteiger partial charge on any atom is 0.417 e. The second kappa shape index (κ2) is 9.85. The number of hydroxylamine groups is 1. The highest BCUT2D eigenvalue weighted by Crippen LogP contribution is 2.37. The van der Waals surface area contributed by atoms with E-state index >= 15 is 0 Å². The molecule has 4 rings (SSSR count). The van der Waals surface area contributed by atoms with E-state index in [0.717, 1.165) is 48.5 Å². The van der Waals surface area contributed by atoms with Gasteiger partial charge in [0.15, 0.2) is 0 Å². The van der Waals surface area contributed by atoms with Gasteiger partial charge in [0.05, 0.1) is 10.6 Å². The fourth-order valence-electron chi connectivity index (χ4n) is 3.91. The van der Waals surface area contributed by atoms with Crippen molar-refractivity contribution in [1.82, 2.24) is 5.48 Å². The average Bonchev–Trinajstić information content (AvgIpc) is 2.83. The van der Waals surface area contributed by atoms with E-state index in [1.54, 1.807) is 35.8 Å². The number of carbonyl (C=O) groups excluding carboxylic acids is 2. The van der Waals surface area contributed by atoms with Gasteiger partial charge >= 0.3 is 12.2 Å². The standard InChI is InChI=1S/C24H20ClF3N4O3/c25-20-9-5-17(13-19(20)24(26,27)28)30-23(34)29-16-6-10-21-15(12-16)2-1-11-32(21)18-7-3-14(4-8-18)22(33)31-35/h3-10,12-13,35H,1-2,11H2,(H,31,33)(H2,29,30,34). The Morgan fingerprint density at radius 3 is 2.26 bits per heavy atom. The Morgan fingerprint density at radius 1 is 0.943 bits per heavy atom. The SMILES string of the molecule is O=C(Nc1ccc2c(c1)CCCN2c1ccc(C(=O)NO)cc1)Nc1ccc(Cl)c(C(F)(F)F)c1. The lowest BCUT2D eigenvalue weighted by atomic mass is 10.00. The van der Waals surface area contributed by atoms with Crippen molar-refractivity contribution in [1.29, 1.82) is 0 Å². The van der Waals surface area contributed by atoms with Gasteiger partial charge < -0.3 is 15.5 Å². The minimum Gasteiger partial charge on any atom is -0.341 e. The molecular formula is C24H20ClF3N4O3. The lowest BCUT2D eigenvalue weighted by Gasteiger charge is -2.32. The number of nitrogens with one attached hydrogen (secondary N) is 3. The van der Waals surface area contributed by atoms with Gasteiger partial charge in [-0.2, -0.15) is 13.2 Å². The van der Waals surface area contributed by atoms with E-state index in [1.165, 1.54) is 6.07 Å². The molecule has 0 atom stereocenters. The van der Waals surface area contributed by atoms with Crippen LogP contribution < -0.4 is 21.0 Å². The number of amides is 3. The molecule has 182 valence electrons. The number of carbonyl (C=O) groups is 2. The molecule has 4 N–H and O–H groups in total. The highest BCUT2D eigenvalue weighted by molar-refractivity contribution is 6.31. The van der Waals surface area contributed by atoms with Gasteiger partial charge in [-0.05, 0) is 79.1 Å². The Bertz CT molecular complexity index is 1270. The van der Waals surface area contributed by atoms with E-state index < -0.39 is 28.7 Å². The number of urea groups is 1. The summed E-state index contributed by atoms with van der Waals surface area (Å²) in [5.41, 5.74) is 4.12. The summed E-state index contributed by atoms with van der Waals surface area (Å²) in [6.07, 6.45) is -3.01. The predicted octanol–water partition coefficient (Wildman–Crippen LogP) is 6.21. The van der Waals surface area contributed by atoms with Crippen LogP contribution in [0.15, 0.2) is 60.7 Å². The van der Waals surface area contributed by atoms with Crippen molar-refractivity contribution in [3.63, 3.8) is 0 Å². The third kappa shape index (κ3) is 5.50. The van der Waals surface area contributed by atoms with Crippen molar-refractivity contribution in [2.75, 3.05) is 22.1 Å². The molecule has 0 aromatic heterocycles.